The predicted molar refractivity (Wildman–Crippen MR) is 112 cm³/mol. The second-order valence-corrected chi connectivity index (χ2v) is 8.67. The molecule has 0 spiro atoms. The average Bonchev–Trinajstić information content (AvgIpc) is 3.17. The van der Waals surface area contributed by atoms with Crippen LogP contribution in [0.4, 0.5) is 14.5 Å². The lowest BCUT2D eigenvalue weighted by Crippen LogP contribution is -2.58. The van der Waals surface area contributed by atoms with Crippen molar-refractivity contribution in [3.05, 3.63) is 29.8 Å². The minimum absolute atomic E-state index is 0.180. The Bertz CT molecular complexity index is 727. The van der Waals surface area contributed by atoms with Crippen LogP contribution in [0.15, 0.2) is 23.2 Å². The van der Waals surface area contributed by atoms with Gasteiger partial charge >= 0.3 is 0 Å². The average molecular weight is 489 g/mol. The van der Waals surface area contributed by atoms with Crippen LogP contribution in [0, 0.1) is 11.6 Å². The molecule has 0 amide bonds. The SMILES string of the molecule is Fc1cccc(F)c1N(CCOC1CCCCO1)C1(Br)N=CN(C2CCCCO2)N1. The number of benzene rings is 1. The normalized spacial score (nSPS) is 29.4. The highest BCUT2D eigenvalue weighted by Gasteiger charge is 2.43. The van der Waals surface area contributed by atoms with Crippen molar-refractivity contribution in [1.82, 2.24) is 10.4 Å². The van der Waals surface area contributed by atoms with E-state index in [-0.39, 0.29) is 31.4 Å². The number of para-hydroxylation sites is 1. The molecule has 1 aromatic rings. The second-order valence-electron chi connectivity index (χ2n) is 7.56. The molecule has 2 fully saturated rings. The van der Waals surface area contributed by atoms with Crippen molar-refractivity contribution in [2.45, 2.75) is 55.7 Å². The smallest absolute Gasteiger partial charge is 0.264 e. The Morgan fingerprint density at radius 3 is 2.57 bits per heavy atom. The van der Waals surface area contributed by atoms with E-state index >= 15 is 0 Å². The van der Waals surface area contributed by atoms with Crippen LogP contribution in [0.1, 0.15) is 38.5 Å². The summed E-state index contributed by atoms with van der Waals surface area (Å²) < 4.78 is 45.3. The quantitative estimate of drug-likeness (QED) is 0.466. The molecular weight excluding hydrogens is 462 g/mol. The lowest BCUT2D eigenvalue weighted by molar-refractivity contribution is -0.160. The first-order valence-corrected chi connectivity index (χ1v) is 11.2. The molecule has 3 unspecified atom stereocenters. The molecule has 0 radical (unpaired) electrons. The van der Waals surface area contributed by atoms with E-state index in [0.717, 1.165) is 38.5 Å². The zero-order valence-electron chi connectivity index (χ0n) is 16.7. The monoisotopic (exact) mass is 488 g/mol. The number of hydrogen-bond acceptors (Lipinski definition) is 7. The van der Waals surface area contributed by atoms with Gasteiger partial charge in [-0.2, -0.15) is 5.43 Å². The van der Waals surface area contributed by atoms with Gasteiger partial charge in [-0.1, -0.05) is 6.07 Å². The van der Waals surface area contributed by atoms with Crippen molar-refractivity contribution < 1.29 is 23.0 Å². The van der Waals surface area contributed by atoms with Crippen LogP contribution in [0.2, 0.25) is 0 Å². The molecule has 3 aliphatic rings. The van der Waals surface area contributed by atoms with Gasteiger partial charge in [0.2, 0.25) is 0 Å². The van der Waals surface area contributed by atoms with Crippen molar-refractivity contribution >= 4 is 28.0 Å². The van der Waals surface area contributed by atoms with Gasteiger partial charge in [0.05, 0.1) is 6.61 Å². The number of ether oxygens (including phenoxy) is 3. The van der Waals surface area contributed by atoms with E-state index in [2.05, 4.69) is 26.3 Å². The largest absolute Gasteiger partial charge is 0.357 e. The van der Waals surface area contributed by atoms with Gasteiger partial charge in [0.1, 0.15) is 29.9 Å². The number of nitrogens with zero attached hydrogens (tertiary/aromatic N) is 3. The summed E-state index contributed by atoms with van der Waals surface area (Å²) in [6.45, 7) is 1.75. The number of nitrogens with one attached hydrogen (secondary N) is 1. The van der Waals surface area contributed by atoms with E-state index in [1.54, 1.807) is 11.3 Å². The standard InChI is InChI=1S/C20H27BrF2N4O3/c21-20(24-14-27(25-20)17-8-1-3-11-28-17)26(19-15(22)6-5-7-16(19)23)10-13-30-18-9-2-4-12-29-18/h5-7,14,17-18,25H,1-4,8-13H2. The summed E-state index contributed by atoms with van der Waals surface area (Å²) in [6, 6.07) is 3.80. The lowest BCUT2D eigenvalue weighted by atomic mass is 10.2. The second kappa shape index (κ2) is 9.86. The van der Waals surface area contributed by atoms with E-state index in [4.69, 9.17) is 14.2 Å². The van der Waals surface area contributed by atoms with Gasteiger partial charge in [0.15, 0.2) is 6.29 Å². The Kier molecular flexibility index (Phi) is 7.20. The number of aliphatic imine (C=N–C) groups is 1. The number of rotatable bonds is 7. The Balaban J connectivity index is 1.50. The molecule has 3 heterocycles. The van der Waals surface area contributed by atoms with Gasteiger partial charge in [-0.15, -0.1) is 0 Å². The highest BCUT2D eigenvalue weighted by Crippen LogP contribution is 2.35. The van der Waals surface area contributed by atoms with Crippen molar-refractivity contribution in [3.8, 4) is 0 Å². The number of halogens is 3. The van der Waals surface area contributed by atoms with Crippen LogP contribution in [0.3, 0.4) is 0 Å². The summed E-state index contributed by atoms with van der Waals surface area (Å²) in [5.41, 5.74) is 3.01. The molecule has 2 saturated heterocycles. The summed E-state index contributed by atoms with van der Waals surface area (Å²) in [5.74, 6) is -1.35. The topological polar surface area (TPSA) is 58.6 Å². The van der Waals surface area contributed by atoms with Crippen LogP contribution >= 0.6 is 15.9 Å². The van der Waals surface area contributed by atoms with Gasteiger partial charge in [-0.3, -0.25) is 5.01 Å². The van der Waals surface area contributed by atoms with Crippen molar-refractivity contribution in [3.63, 3.8) is 0 Å². The van der Waals surface area contributed by atoms with Crippen LogP contribution in [-0.4, -0.2) is 54.9 Å². The summed E-state index contributed by atoms with van der Waals surface area (Å²) in [4.78, 5) is 5.97. The summed E-state index contributed by atoms with van der Waals surface area (Å²) in [5, 5.41) is 1.74. The zero-order chi connectivity index (χ0) is 21.0. The maximum absolute atomic E-state index is 14.7. The maximum Gasteiger partial charge on any atom is 0.264 e. The molecule has 166 valence electrons. The molecule has 0 aromatic heterocycles. The fourth-order valence-corrected chi connectivity index (χ4v) is 4.50. The molecule has 10 heteroatoms. The minimum Gasteiger partial charge on any atom is -0.357 e. The van der Waals surface area contributed by atoms with Crippen molar-refractivity contribution in [2.75, 3.05) is 31.3 Å². The Morgan fingerprint density at radius 1 is 1.17 bits per heavy atom. The van der Waals surface area contributed by atoms with E-state index in [1.165, 1.54) is 23.1 Å². The third kappa shape index (κ3) is 4.94. The number of alkyl halides is 1. The third-order valence-corrected chi connectivity index (χ3v) is 6.22. The molecule has 1 N–H and O–H groups in total. The van der Waals surface area contributed by atoms with Gasteiger partial charge < -0.3 is 19.1 Å². The molecule has 0 bridgehead atoms. The van der Waals surface area contributed by atoms with Gasteiger partial charge in [-0.05, 0) is 66.6 Å². The molecular formula is C20H27BrF2N4O3. The van der Waals surface area contributed by atoms with Crippen LogP contribution in [-0.2, 0) is 14.2 Å². The molecule has 0 aliphatic carbocycles. The molecule has 30 heavy (non-hydrogen) atoms. The molecule has 3 aliphatic heterocycles. The third-order valence-electron chi connectivity index (χ3n) is 5.41. The highest BCUT2D eigenvalue weighted by molar-refractivity contribution is 9.10. The molecule has 4 rings (SSSR count). The van der Waals surface area contributed by atoms with Crippen LogP contribution in [0.5, 0.6) is 0 Å². The lowest BCUT2D eigenvalue weighted by Gasteiger charge is -2.39. The Hall–Kier alpha value is -1.33. The van der Waals surface area contributed by atoms with Gasteiger partial charge in [-0.25, -0.2) is 13.8 Å². The number of anilines is 1. The van der Waals surface area contributed by atoms with Crippen molar-refractivity contribution in [2.24, 2.45) is 4.99 Å². The zero-order valence-corrected chi connectivity index (χ0v) is 18.3. The summed E-state index contributed by atoms with van der Waals surface area (Å²) in [7, 11) is 0. The Labute approximate surface area is 183 Å². The predicted octanol–water partition coefficient (Wildman–Crippen LogP) is 3.70. The highest BCUT2D eigenvalue weighted by atomic mass is 79.9. The van der Waals surface area contributed by atoms with Gasteiger partial charge in [0, 0.05) is 19.8 Å². The van der Waals surface area contributed by atoms with Crippen LogP contribution < -0.4 is 10.3 Å². The van der Waals surface area contributed by atoms with Gasteiger partial charge in [0.25, 0.3) is 4.70 Å². The van der Waals surface area contributed by atoms with E-state index < -0.39 is 16.3 Å². The van der Waals surface area contributed by atoms with E-state index in [9.17, 15) is 8.78 Å². The number of hydrazine groups is 1. The van der Waals surface area contributed by atoms with Crippen LogP contribution in [0.25, 0.3) is 0 Å². The summed E-state index contributed by atoms with van der Waals surface area (Å²) in [6.07, 6.45) is 6.93. The fraction of sp³-hybridized carbons (Fsp3) is 0.650. The molecule has 0 saturated carbocycles. The molecule has 3 atom stereocenters. The molecule has 7 nitrogen and oxygen atoms in total. The number of hydrogen-bond donors (Lipinski definition) is 1. The first-order chi connectivity index (χ1) is 14.6. The van der Waals surface area contributed by atoms with E-state index in [0.29, 0.717) is 13.2 Å². The fourth-order valence-electron chi connectivity index (χ4n) is 3.85. The van der Waals surface area contributed by atoms with Crippen molar-refractivity contribution in [1.29, 1.82) is 0 Å². The Morgan fingerprint density at radius 2 is 1.90 bits per heavy atom. The first kappa shape index (κ1) is 21.9. The molecule has 1 aromatic carbocycles. The summed E-state index contributed by atoms with van der Waals surface area (Å²) >= 11 is 3.55. The maximum atomic E-state index is 14.7. The minimum atomic E-state index is -1.27. The first-order valence-electron chi connectivity index (χ1n) is 10.4. The van der Waals surface area contributed by atoms with E-state index in [1.807, 2.05) is 0 Å².